The van der Waals surface area contributed by atoms with Crippen molar-refractivity contribution in [3.63, 3.8) is 0 Å². The zero-order chi connectivity index (χ0) is 20.4. The van der Waals surface area contributed by atoms with E-state index in [1.807, 2.05) is 66.6 Å². The van der Waals surface area contributed by atoms with Gasteiger partial charge in [-0.2, -0.15) is 0 Å². The molecule has 0 spiro atoms. The number of rotatable bonds is 9. The van der Waals surface area contributed by atoms with Gasteiger partial charge in [0.2, 0.25) is 5.91 Å². The van der Waals surface area contributed by atoms with Crippen LogP contribution in [0.15, 0.2) is 24.3 Å². The number of hydrogen-bond acceptors (Lipinski definition) is 5. The van der Waals surface area contributed by atoms with Gasteiger partial charge in [0.1, 0.15) is 5.60 Å². The number of ether oxygens (including phenoxy) is 1. The summed E-state index contributed by atoms with van der Waals surface area (Å²) in [4.78, 5) is 23.7. The molecule has 0 aromatic heterocycles. The Bertz CT molecular complexity index is 624. The molecule has 0 bridgehead atoms. The third kappa shape index (κ3) is 9.73. The molecule has 2 rings (SSSR count). The molecule has 1 aromatic rings. The van der Waals surface area contributed by atoms with Crippen molar-refractivity contribution in [2.24, 2.45) is 0 Å². The molecule has 28 heavy (non-hydrogen) atoms. The van der Waals surface area contributed by atoms with E-state index in [-0.39, 0.29) is 5.91 Å². The summed E-state index contributed by atoms with van der Waals surface area (Å²) in [6.45, 7) is 6.13. The summed E-state index contributed by atoms with van der Waals surface area (Å²) in [5, 5.41) is 6.50. The normalized spacial score (nSPS) is 16.6. The smallest absolute Gasteiger partial charge is 0.412 e. The summed E-state index contributed by atoms with van der Waals surface area (Å²) in [6, 6.07) is 7.60. The minimum atomic E-state index is -0.517. The van der Waals surface area contributed by atoms with Crippen LogP contribution in [0.3, 0.4) is 0 Å². The number of anilines is 1. The fourth-order valence-corrected chi connectivity index (χ4v) is 5.86. The van der Waals surface area contributed by atoms with Gasteiger partial charge in [0, 0.05) is 29.7 Å². The molecule has 2 N–H and O–H groups in total. The van der Waals surface area contributed by atoms with Crippen molar-refractivity contribution in [1.82, 2.24) is 5.32 Å². The van der Waals surface area contributed by atoms with Gasteiger partial charge in [0.15, 0.2) is 0 Å². The van der Waals surface area contributed by atoms with Crippen LogP contribution in [0.1, 0.15) is 58.4 Å². The highest BCUT2D eigenvalue weighted by molar-refractivity contribution is 8.77. The van der Waals surface area contributed by atoms with Gasteiger partial charge in [-0.3, -0.25) is 10.1 Å². The maximum absolute atomic E-state index is 11.9. The number of carbonyl (C=O) groups excluding carboxylic acids is 2. The van der Waals surface area contributed by atoms with Crippen LogP contribution >= 0.6 is 21.6 Å². The van der Waals surface area contributed by atoms with Gasteiger partial charge in [0.05, 0.1) is 0 Å². The van der Waals surface area contributed by atoms with E-state index in [9.17, 15) is 9.59 Å². The lowest BCUT2D eigenvalue weighted by atomic mass is 10.1. The van der Waals surface area contributed by atoms with Crippen LogP contribution in [-0.2, 0) is 16.0 Å². The third-order valence-electron chi connectivity index (χ3n) is 4.24. The topological polar surface area (TPSA) is 67.4 Å². The second-order valence-corrected chi connectivity index (χ2v) is 10.8. The predicted octanol–water partition coefficient (Wildman–Crippen LogP) is 5.41. The van der Waals surface area contributed by atoms with E-state index in [1.54, 1.807) is 0 Å². The number of nitrogens with one attached hydrogen (secondary N) is 2. The Morgan fingerprint density at radius 1 is 1.18 bits per heavy atom. The van der Waals surface area contributed by atoms with E-state index in [2.05, 4.69) is 10.6 Å². The van der Waals surface area contributed by atoms with E-state index in [1.165, 1.54) is 18.6 Å². The maximum atomic E-state index is 11.9. The molecule has 5 nitrogen and oxygen atoms in total. The average molecular weight is 425 g/mol. The molecule has 156 valence electrons. The third-order valence-corrected chi connectivity index (χ3v) is 7.25. The number of hydrogen-bond donors (Lipinski definition) is 2. The van der Waals surface area contributed by atoms with E-state index in [0.717, 1.165) is 30.1 Å². The van der Waals surface area contributed by atoms with Crippen LogP contribution < -0.4 is 10.6 Å². The highest BCUT2D eigenvalue weighted by atomic mass is 33.1. The minimum absolute atomic E-state index is 0.136. The molecule has 0 aliphatic carbocycles. The predicted molar refractivity (Wildman–Crippen MR) is 120 cm³/mol. The minimum Gasteiger partial charge on any atom is -0.444 e. The fraction of sp³-hybridized carbons (Fsp3) is 0.619. The maximum Gasteiger partial charge on any atom is 0.412 e. The van der Waals surface area contributed by atoms with Crippen LogP contribution in [-0.4, -0.2) is 35.1 Å². The van der Waals surface area contributed by atoms with E-state index in [0.29, 0.717) is 18.7 Å². The zero-order valence-corrected chi connectivity index (χ0v) is 18.7. The van der Waals surface area contributed by atoms with Crippen LogP contribution in [0.5, 0.6) is 0 Å². The molecule has 0 saturated carbocycles. The molecule has 1 aliphatic rings. The second-order valence-electron chi connectivity index (χ2n) is 8.00. The molecule has 1 aliphatic heterocycles. The number of benzene rings is 1. The summed E-state index contributed by atoms with van der Waals surface area (Å²) >= 11 is 0. The monoisotopic (exact) mass is 424 g/mol. The lowest BCUT2D eigenvalue weighted by Gasteiger charge is -2.19. The van der Waals surface area contributed by atoms with Gasteiger partial charge in [-0.25, -0.2) is 4.79 Å². The van der Waals surface area contributed by atoms with Crippen molar-refractivity contribution in [3.8, 4) is 0 Å². The van der Waals surface area contributed by atoms with E-state index < -0.39 is 11.7 Å². The Balaban J connectivity index is 1.58. The molecule has 1 fully saturated rings. The standard InChI is InChI=1S/C21H32N2O3S2/c1-21(2,3)26-20(25)23-17-10-8-16(9-11-17)12-14-22-19(24)7-5-4-6-18-13-15-27-28-18/h8-11,18H,4-7,12-15H2,1-3H3,(H,22,24)(H,23,25)/t18-/m1/s1. The van der Waals surface area contributed by atoms with Crippen molar-refractivity contribution in [1.29, 1.82) is 0 Å². The SMILES string of the molecule is CC(C)(C)OC(=O)Nc1ccc(CCNC(=O)CCCC[C@@H]2CCSS2)cc1. The first kappa shape index (κ1) is 22.9. The Morgan fingerprint density at radius 3 is 2.57 bits per heavy atom. The Hall–Kier alpha value is -1.34. The van der Waals surface area contributed by atoms with Gasteiger partial charge in [0.25, 0.3) is 0 Å². The summed E-state index contributed by atoms with van der Waals surface area (Å²) in [6.07, 6.45) is 5.58. The lowest BCUT2D eigenvalue weighted by Crippen LogP contribution is -2.27. The van der Waals surface area contributed by atoms with E-state index in [4.69, 9.17) is 4.74 Å². The first-order valence-corrected chi connectivity index (χ1v) is 12.3. The average Bonchev–Trinajstić information content (AvgIpc) is 3.12. The first-order valence-electron chi connectivity index (χ1n) is 9.96. The number of carbonyl (C=O) groups is 2. The molecule has 0 radical (unpaired) electrons. The highest BCUT2D eigenvalue weighted by Gasteiger charge is 2.16. The summed E-state index contributed by atoms with van der Waals surface area (Å²) in [7, 11) is 3.98. The van der Waals surface area contributed by atoms with Gasteiger partial charge in [-0.1, -0.05) is 40.1 Å². The van der Waals surface area contributed by atoms with Crippen LogP contribution in [0.25, 0.3) is 0 Å². The Labute approximate surface area is 176 Å². The molecule has 2 amide bonds. The van der Waals surface area contributed by atoms with Crippen molar-refractivity contribution < 1.29 is 14.3 Å². The Morgan fingerprint density at radius 2 is 1.93 bits per heavy atom. The molecular formula is C21H32N2O3S2. The van der Waals surface area contributed by atoms with Crippen molar-refractivity contribution in [3.05, 3.63) is 29.8 Å². The van der Waals surface area contributed by atoms with E-state index >= 15 is 0 Å². The molecule has 7 heteroatoms. The molecule has 1 heterocycles. The first-order chi connectivity index (χ1) is 13.3. The van der Waals surface area contributed by atoms with Crippen LogP contribution in [0, 0.1) is 0 Å². The highest BCUT2D eigenvalue weighted by Crippen LogP contribution is 2.39. The molecular weight excluding hydrogens is 392 g/mol. The van der Waals surface area contributed by atoms with Crippen molar-refractivity contribution in [2.75, 3.05) is 17.6 Å². The van der Waals surface area contributed by atoms with Crippen LogP contribution in [0.2, 0.25) is 0 Å². The fourth-order valence-electron chi connectivity index (χ4n) is 2.83. The van der Waals surface area contributed by atoms with Crippen LogP contribution in [0.4, 0.5) is 10.5 Å². The zero-order valence-electron chi connectivity index (χ0n) is 17.1. The summed E-state index contributed by atoms with van der Waals surface area (Å²) < 4.78 is 5.23. The largest absolute Gasteiger partial charge is 0.444 e. The molecule has 1 aromatic carbocycles. The Kier molecular flexibility index (Phi) is 9.51. The van der Waals surface area contributed by atoms with Gasteiger partial charge in [-0.05, 0) is 64.2 Å². The molecule has 1 saturated heterocycles. The molecule has 0 unspecified atom stereocenters. The quantitative estimate of drug-likeness (QED) is 0.410. The van der Waals surface area contributed by atoms with Crippen molar-refractivity contribution >= 4 is 39.3 Å². The second kappa shape index (κ2) is 11.6. The summed E-state index contributed by atoms with van der Waals surface area (Å²) in [5.74, 6) is 1.41. The number of unbranched alkanes of at least 4 members (excludes halogenated alkanes) is 1. The van der Waals surface area contributed by atoms with Gasteiger partial charge >= 0.3 is 6.09 Å². The van der Waals surface area contributed by atoms with Gasteiger partial charge in [-0.15, -0.1) is 0 Å². The summed E-state index contributed by atoms with van der Waals surface area (Å²) in [5.41, 5.74) is 1.29. The number of amides is 2. The lowest BCUT2D eigenvalue weighted by molar-refractivity contribution is -0.121. The van der Waals surface area contributed by atoms with Gasteiger partial charge < -0.3 is 10.1 Å². The molecule has 1 atom stereocenters. The van der Waals surface area contributed by atoms with Crippen molar-refractivity contribution in [2.45, 2.75) is 70.1 Å².